The van der Waals surface area contributed by atoms with E-state index in [1.807, 2.05) is 12.1 Å². The Balaban J connectivity index is 2.23. The van der Waals surface area contributed by atoms with E-state index in [0.29, 0.717) is 6.42 Å². The van der Waals surface area contributed by atoms with Crippen molar-refractivity contribution < 1.29 is 4.39 Å². The van der Waals surface area contributed by atoms with Crippen LogP contribution in [-0.4, -0.2) is 0 Å². The van der Waals surface area contributed by atoms with Gasteiger partial charge in [-0.2, -0.15) is 0 Å². The van der Waals surface area contributed by atoms with Gasteiger partial charge >= 0.3 is 0 Å². The fourth-order valence-corrected chi connectivity index (χ4v) is 2.26. The first-order valence-electron chi connectivity index (χ1n) is 6.24. The van der Waals surface area contributed by atoms with E-state index in [1.165, 1.54) is 17.2 Å². The van der Waals surface area contributed by atoms with Gasteiger partial charge in [0.1, 0.15) is 5.82 Å². The number of rotatable bonds is 3. The van der Waals surface area contributed by atoms with E-state index >= 15 is 0 Å². The molecule has 3 heteroatoms. The van der Waals surface area contributed by atoms with E-state index in [4.69, 9.17) is 17.3 Å². The maximum Gasteiger partial charge on any atom is 0.142 e. The summed E-state index contributed by atoms with van der Waals surface area (Å²) in [5, 5.41) is 0.168. The Morgan fingerprint density at radius 1 is 1.16 bits per heavy atom. The molecule has 2 N–H and O–H groups in total. The summed E-state index contributed by atoms with van der Waals surface area (Å²) in [5.74, 6) is -0.397. The molecule has 1 nitrogen and oxygen atoms in total. The predicted molar refractivity (Wildman–Crippen MR) is 78.0 cm³/mol. The molecular weight excluding hydrogens is 261 g/mol. The average molecular weight is 278 g/mol. The Hall–Kier alpha value is -1.38. The molecular formula is C16H17ClFN. The highest BCUT2D eigenvalue weighted by Crippen LogP contribution is 2.25. The average Bonchev–Trinajstić information content (AvgIpc) is 2.38. The van der Waals surface area contributed by atoms with Crippen LogP contribution in [0, 0.1) is 19.7 Å². The van der Waals surface area contributed by atoms with Gasteiger partial charge in [0.2, 0.25) is 0 Å². The van der Waals surface area contributed by atoms with E-state index in [0.717, 1.165) is 11.1 Å². The van der Waals surface area contributed by atoms with Crippen LogP contribution in [0.2, 0.25) is 5.02 Å². The van der Waals surface area contributed by atoms with Crippen LogP contribution >= 0.6 is 11.6 Å². The largest absolute Gasteiger partial charge is 0.324 e. The van der Waals surface area contributed by atoms with Crippen LogP contribution in [0.3, 0.4) is 0 Å². The lowest BCUT2D eigenvalue weighted by molar-refractivity contribution is 0.622. The van der Waals surface area contributed by atoms with Gasteiger partial charge in [-0.15, -0.1) is 0 Å². The van der Waals surface area contributed by atoms with Gasteiger partial charge in [-0.05, 0) is 48.6 Å². The van der Waals surface area contributed by atoms with Gasteiger partial charge in [0.15, 0.2) is 0 Å². The molecule has 0 spiro atoms. The molecule has 0 aliphatic carbocycles. The zero-order chi connectivity index (χ0) is 14.0. The lowest BCUT2D eigenvalue weighted by atomic mass is 9.96. The minimum absolute atomic E-state index is 0.168. The molecule has 100 valence electrons. The summed E-state index contributed by atoms with van der Waals surface area (Å²) >= 11 is 5.95. The number of nitrogens with two attached hydrogens (primary N) is 1. The number of benzene rings is 2. The standard InChI is InChI=1S/C16H17ClFN/c1-10-6-7-12(8-11(10)2)15(19)9-13-4-3-5-14(18)16(13)17/h3-8,15H,9,19H2,1-2H3. The Kier molecular flexibility index (Phi) is 4.23. The number of hydrogen-bond acceptors (Lipinski definition) is 1. The number of aryl methyl sites for hydroxylation is 2. The normalized spacial score (nSPS) is 12.5. The molecule has 0 aliphatic heterocycles. The fraction of sp³-hybridized carbons (Fsp3) is 0.250. The molecule has 0 aromatic heterocycles. The smallest absolute Gasteiger partial charge is 0.142 e. The summed E-state index contributed by atoms with van der Waals surface area (Å²) in [6, 6.07) is 10.8. The first-order valence-corrected chi connectivity index (χ1v) is 6.62. The SMILES string of the molecule is Cc1ccc(C(N)Cc2cccc(F)c2Cl)cc1C. The van der Waals surface area contributed by atoms with Crippen LogP contribution in [0.1, 0.15) is 28.3 Å². The predicted octanol–water partition coefficient (Wildman–Crippen LogP) is 4.34. The number of hydrogen-bond donors (Lipinski definition) is 1. The molecule has 19 heavy (non-hydrogen) atoms. The van der Waals surface area contributed by atoms with Crippen molar-refractivity contribution >= 4 is 11.6 Å². The van der Waals surface area contributed by atoms with Crippen molar-refractivity contribution in [3.63, 3.8) is 0 Å². The lowest BCUT2D eigenvalue weighted by Crippen LogP contribution is -2.14. The Labute approximate surface area is 118 Å². The Bertz CT molecular complexity index is 595. The zero-order valence-corrected chi connectivity index (χ0v) is 11.8. The first-order chi connectivity index (χ1) is 8.99. The third kappa shape index (κ3) is 3.14. The van der Waals surface area contributed by atoms with Gasteiger partial charge in [0, 0.05) is 6.04 Å². The van der Waals surface area contributed by atoms with Crippen molar-refractivity contribution in [2.45, 2.75) is 26.3 Å². The molecule has 0 fully saturated rings. The zero-order valence-electron chi connectivity index (χ0n) is 11.1. The molecule has 0 bridgehead atoms. The maximum atomic E-state index is 13.4. The van der Waals surface area contributed by atoms with Crippen LogP contribution in [-0.2, 0) is 6.42 Å². The second-order valence-electron chi connectivity index (χ2n) is 4.87. The second-order valence-corrected chi connectivity index (χ2v) is 5.25. The van der Waals surface area contributed by atoms with Crippen LogP contribution in [0.4, 0.5) is 4.39 Å². The highest BCUT2D eigenvalue weighted by atomic mass is 35.5. The summed E-state index contributed by atoms with van der Waals surface area (Å²) in [6.45, 7) is 4.12. The Morgan fingerprint density at radius 3 is 2.58 bits per heavy atom. The van der Waals surface area contributed by atoms with Crippen LogP contribution in [0.15, 0.2) is 36.4 Å². The molecule has 2 aromatic rings. The fourth-order valence-electron chi connectivity index (χ4n) is 2.06. The van der Waals surface area contributed by atoms with E-state index in [2.05, 4.69) is 26.0 Å². The first kappa shape index (κ1) is 14.0. The van der Waals surface area contributed by atoms with E-state index in [9.17, 15) is 4.39 Å². The van der Waals surface area contributed by atoms with Gasteiger partial charge < -0.3 is 5.73 Å². The van der Waals surface area contributed by atoms with Crippen molar-refractivity contribution in [3.8, 4) is 0 Å². The van der Waals surface area contributed by atoms with Crippen molar-refractivity contribution in [2.75, 3.05) is 0 Å². The van der Waals surface area contributed by atoms with Gasteiger partial charge in [0.05, 0.1) is 5.02 Å². The van der Waals surface area contributed by atoms with Crippen molar-refractivity contribution in [2.24, 2.45) is 5.73 Å². The quantitative estimate of drug-likeness (QED) is 0.887. The van der Waals surface area contributed by atoms with Crippen LogP contribution in [0.25, 0.3) is 0 Å². The monoisotopic (exact) mass is 277 g/mol. The summed E-state index contributed by atoms with van der Waals surface area (Å²) in [6.07, 6.45) is 0.527. The second kappa shape index (κ2) is 5.72. The van der Waals surface area contributed by atoms with Crippen molar-refractivity contribution in [1.82, 2.24) is 0 Å². The van der Waals surface area contributed by atoms with Gasteiger partial charge in [0.25, 0.3) is 0 Å². The molecule has 2 aromatic carbocycles. The molecule has 0 saturated carbocycles. The van der Waals surface area contributed by atoms with Gasteiger partial charge in [-0.3, -0.25) is 0 Å². The maximum absolute atomic E-state index is 13.4. The topological polar surface area (TPSA) is 26.0 Å². The molecule has 0 radical (unpaired) electrons. The van der Waals surface area contributed by atoms with E-state index in [1.54, 1.807) is 6.07 Å². The molecule has 0 aliphatic rings. The summed E-state index contributed by atoms with van der Waals surface area (Å²) < 4.78 is 13.4. The van der Waals surface area contributed by atoms with Gasteiger partial charge in [-0.25, -0.2) is 4.39 Å². The number of halogens is 2. The Morgan fingerprint density at radius 2 is 1.89 bits per heavy atom. The van der Waals surface area contributed by atoms with Crippen molar-refractivity contribution in [3.05, 3.63) is 69.5 Å². The molecule has 0 heterocycles. The van der Waals surface area contributed by atoms with Crippen LogP contribution in [0.5, 0.6) is 0 Å². The molecule has 1 atom stereocenters. The minimum Gasteiger partial charge on any atom is -0.324 e. The summed E-state index contributed by atoms with van der Waals surface area (Å²) in [4.78, 5) is 0. The van der Waals surface area contributed by atoms with Gasteiger partial charge in [-0.1, -0.05) is 41.9 Å². The van der Waals surface area contributed by atoms with Crippen molar-refractivity contribution in [1.29, 1.82) is 0 Å². The highest BCUT2D eigenvalue weighted by molar-refractivity contribution is 6.31. The molecule has 1 unspecified atom stereocenters. The van der Waals surface area contributed by atoms with E-state index < -0.39 is 5.82 Å². The summed E-state index contributed by atoms with van der Waals surface area (Å²) in [7, 11) is 0. The van der Waals surface area contributed by atoms with Crippen LogP contribution < -0.4 is 5.73 Å². The minimum atomic E-state index is -0.397. The highest BCUT2D eigenvalue weighted by Gasteiger charge is 2.12. The molecule has 0 amide bonds. The van der Waals surface area contributed by atoms with E-state index in [-0.39, 0.29) is 11.1 Å². The molecule has 2 rings (SSSR count). The molecule has 0 saturated heterocycles. The third-order valence-electron chi connectivity index (χ3n) is 3.43. The summed E-state index contributed by atoms with van der Waals surface area (Å²) in [5.41, 5.74) is 10.4. The third-order valence-corrected chi connectivity index (χ3v) is 3.85. The lowest BCUT2D eigenvalue weighted by Gasteiger charge is -2.15.